The molecule has 0 aromatic rings. The van der Waals surface area contributed by atoms with E-state index in [4.69, 9.17) is 5.73 Å². The van der Waals surface area contributed by atoms with Crippen LogP contribution in [0, 0.1) is 5.41 Å². The van der Waals surface area contributed by atoms with Crippen molar-refractivity contribution in [1.82, 2.24) is 10.2 Å². The van der Waals surface area contributed by atoms with Gasteiger partial charge >= 0.3 is 6.03 Å². The number of rotatable bonds is 6. The Bertz CT molecular complexity index is 192. The second-order valence-electron chi connectivity index (χ2n) is 4.81. The number of amides is 2. The second kappa shape index (κ2) is 6.67. The van der Waals surface area contributed by atoms with Gasteiger partial charge in [-0.2, -0.15) is 0 Å². The lowest BCUT2D eigenvalue weighted by atomic mass is 9.93. The molecule has 4 nitrogen and oxygen atoms in total. The van der Waals surface area contributed by atoms with Crippen molar-refractivity contribution in [1.29, 1.82) is 0 Å². The van der Waals surface area contributed by atoms with E-state index in [2.05, 4.69) is 26.1 Å². The van der Waals surface area contributed by atoms with Crippen molar-refractivity contribution in [3.05, 3.63) is 0 Å². The number of carbonyl (C=O) groups is 1. The van der Waals surface area contributed by atoms with E-state index < -0.39 is 0 Å². The lowest BCUT2D eigenvalue weighted by Crippen LogP contribution is -2.44. The van der Waals surface area contributed by atoms with Crippen LogP contribution in [0.3, 0.4) is 0 Å². The van der Waals surface area contributed by atoms with Crippen molar-refractivity contribution in [2.45, 2.75) is 33.6 Å². The zero-order valence-corrected chi connectivity index (χ0v) is 10.5. The van der Waals surface area contributed by atoms with Crippen LogP contribution >= 0.6 is 0 Å². The van der Waals surface area contributed by atoms with Gasteiger partial charge in [-0.15, -0.1) is 0 Å². The molecule has 4 heteroatoms. The predicted molar refractivity (Wildman–Crippen MR) is 63.8 cm³/mol. The Morgan fingerprint density at radius 2 is 2.07 bits per heavy atom. The monoisotopic (exact) mass is 215 g/mol. The number of unbranched alkanes of at least 4 members (excludes halogenated alkanes) is 1. The Kier molecular flexibility index (Phi) is 6.32. The van der Waals surface area contributed by atoms with E-state index in [1.54, 1.807) is 11.9 Å². The van der Waals surface area contributed by atoms with Crippen LogP contribution in [0.5, 0.6) is 0 Å². The molecule has 0 aromatic carbocycles. The summed E-state index contributed by atoms with van der Waals surface area (Å²) in [5, 5.41) is 2.88. The van der Waals surface area contributed by atoms with Gasteiger partial charge in [0.1, 0.15) is 0 Å². The van der Waals surface area contributed by atoms with E-state index in [0.717, 1.165) is 19.4 Å². The molecule has 0 radical (unpaired) electrons. The Hall–Kier alpha value is -0.770. The van der Waals surface area contributed by atoms with Crippen molar-refractivity contribution in [3.8, 4) is 0 Å². The molecule has 0 heterocycles. The maximum Gasteiger partial charge on any atom is 0.317 e. The summed E-state index contributed by atoms with van der Waals surface area (Å²) in [5.41, 5.74) is 5.60. The fourth-order valence-corrected chi connectivity index (χ4v) is 1.29. The maximum atomic E-state index is 11.6. The standard InChI is InChI=1S/C11H25N3O/c1-5-6-7-13-10(15)14(4)9-11(2,3)8-12/h5-9,12H2,1-4H3,(H,13,15). The fourth-order valence-electron chi connectivity index (χ4n) is 1.29. The topological polar surface area (TPSA) is 58.4 Å². The van der Waals surface area contributed by atoms with Gasteiger partial charge in [0.15, 0.2) is 0 Å². The highest BCUT2D eigenvalue weighted by Crippen LogP contribution is 2.13. The van der Waals surface area contributed by atoms with E-state index in [-0.39, 0.29) is 11.4 Å². The minimum absolute atomic E-state index is 0.00928. The van der Waals surface area contributed by atoms with Gasteiger partial charge in [0.2, 0.25) is 0 Å². The molecule has 90 valence electrons. The minimum atomic E-state index is -0.0170. The molecule has 0 fully saturated rings. The van der Waals surface area contributed by atoms with Gasteiger partial charge in [0.05, 0.1) is 0 Å². The average Bonchev–Trinajstić information content (AvgIpc) is 2.17. The van der Waals surface area contributed by atoms with Gasteiger partial charge in [-0.25, -0.2) is 4.79 Å². The molecule has 0 saturated heterocycles. The van der Waals surface area contributed by atoms with Crippen molar-refractivity contribution < 1.29 is 4.79 Å². The molecular formula is C11H25N3O. The average molecular weight is 215 g/mol. The fraction of sp³-hybridized carbons (Fsp3) is 0.909. The number of nitrogens with two attached hydrogens (primary N) is 1. The van der Waals surface area contributed by atoms with Crippen LogP contribution in [0.1, 0.15) is 33.6 Å². The molecule has 0 bridgehead atoms. The Morgan fingerprint density at radius 1 is 1.47 bits per heavy atom. The summed E-state index contributed by atoms with van der Waals surface area (Å²) in [4.78, 5) is 13.3. The highest BCUT2D eigenvalue weighted by Gasteiger charge is 2.20. The molecular weight excluding hydrogens is 190 g/mol. The molecule has 0 saturated carbocycles. The molecule has 3 N–H and O–H groups in total. The summed E-state index contributed by atoms with van der Waals surface area (Å²) in [5.74, 6) is 0. The zero-order chi connectivity index (χ0) is 11.9. The SMILES string of the molecule is CCCCNC(=O)N(C)CC(C)(C)CN. The Balaban J connectivity index is 3.88. The van der Waals surface area contributed by atoms with Crippen LogP contribution in [0.25, 0.3) is 0 Å². The largest absolute Gasteiger partial charge is 0.338 e. The molecule has 0 atom stereocenters. The second-order valence-corrected chi connectivity index (χ2v) is 4.81. The molecule has 0 aliphatic carbocycles. The van der Waals surface area contributed by atoms with E-state index in [1.165, 1.54) is 0 Å². The maximum absolute atomic E-state index is 11.6. The summed E-state index contributed by atoms with van der Waals surface area (Å²) in [6, 6.07) is -0.00928. The van der Waals surface area contributed by atoms with Crippen LogP contribution in [0.15, 0.2) is 0 Å². The number of carbonyl (C=O) groups excluding carboxylic acids is 1. The van der Waals surface area contributed by atoms with E-state index in [9.17, 15) is 4.79 Å². The Morgan fingerprint density at radius 3 is 2.53 bits per heavy atom. The molecule has 0 aliphatic rings. The van der Waals surface area contributed by atoms with Crippen LogP contribution < -0.4 is 11.1 Å². The van der Waals surface area contributed by atoms with Crippen LogP contribution in [-0.2, 0) is 0 Å². The lowest BCUT2D eigenvalue weighted by molar-refractivity contribution is 0.185. The van der Waals surface area contributed by atoms with Gasteiger partial charge < -0.3 is 16.0 Å². The first kappa shape index (κ1) is 14.2. The molecule has 0 aromatic heterocycles. The van der Waals surface area contributed by atoms with Gasteiger partial charge in [-0.05, 0) is 18.4 Å². The highest BCUT2D eigenvalue weighted by molar-refractivity contribution is 5.73. The predicted octanol–water partition coefficient (Wildman–Crippen LogP) is 1.41. The van der Waals surface area contributed by atoms with E-state index in [1.807, 2.05) is 0 Å². The molecule has 0 spiro atoms. The molecule has 0 aliphatic heterocycles. The van der Waals surface area contributed by atoms with Gasteiger partial charge in [-0.3, -0.25) is 0 Å². The van der Waals surface area contributed by atoms with Crippen LogP contribution in [-0.4, -0.2) is 37.6 Å². The quantitative estimate of drug-likeness (QED) is 0.658. The summed E-state index contributed by atoms with van der Waals surface area (Å²) in [7, 11) is 1.80. The molecule has 15 heavy (non-hydrogen) atoms. The molecule has 2 amide bonds. The van der Waals surface area contributed by atoms with Crippen molar-refractivity contribution in [2.75, 3.05) is 26.7 Å². The van der Waals surface area contributed by atoms with Crippen molar-refractivity contribution in [2.24, 2.45) is 11.1 Å². The third kappa shape index (κ3) is 6.33. The van der Waals surface area contributed by atoms with Crippen LogP contribution in [0.4, 0.5) is 4.79 Å². The normalized spacial score (nSPS) is 11.3. The number of hydrogen-bond donors (Lipinski definition) is 2. The van der Waals surface area contributed by atoms with E-state index >= 15 is 0 Å². The first-order chi connectivity index (χ1) is 6.93. The first-order valence-corrected chi connectivity index (χ1v) is 5.62. The summed E-state index contributed by atoms with van der Waals surface area (Å²) in [6.45, 7) is 8.24. The highest BCUT2D eigenvalue weighted by atomic mass is 16.2. The number of nitrogens with one attached hydrogen (secondary N) is 1. The number of urea groups is 1. The summed E-state index contributed by atoms with van der Waals surface area (Å²) >= 11 is 0. The smallest absolute Gasteiger partial charge is 0.317 e. The zero-order valence-electron chi connectivity index (χ0n) is 10.5. The lowest BCUT2D eigenvalue weighted by Gasteiger charge is -2.29. The van der Waals surface area contributed by atoms with E-state index in [0.29, 0.717) is 13.1 Å². The minimum Gasteiger partial charge on any atom is -0.338 e. The van der Waals surface area contributed by atoms with Crippen LogP contribution in [0.2, 0.25) is 0 Å². The van der Waals surface area contributed by atoms with Gasteiger partial charge in [-0.1, -0.05) is 27.2 Å². The number of hydrogen-bond acceptors (Lipinski definition) is 2. The number of nitrogens with zero attached hydrogens (tertiary/aromatic N) is 1. The van der Waals surface area contributed by atoms with Gasteiger partial charge in [0.25, 0.3) is 0 Å². The Labute approximate surface area is 93.2 Å². The molecule has 0 unspecified atom stereocenters. The van der Waals surface area contributed by atoms with Gasteiger partial charge in [0, 0.05) is 20.1 Å². The third-order valence-electron chi connectivity index (χ3n) is 2.37. The van der Waals surface area contributed by atoms with Crippen molar-refractivity contribution >= 4 is 6.03 Å². The third-order valence-corrected chi connectivity index (χ3v) is 2.37. The molecule has 0 rings (SSSR count). The summed E-state index contributed by atoms with van der Waals surface area (Å²) < 4.78 is 0. The first-order valence-electron chi connectivity index (χ1n) is 5.62. The van der Waals surface area contributed by atoms with Crippen molar-refractivity contribution in [3.63, 3.8) is 0 Å². The summed E-state index contributed by atoms with van der Waals surface area (Å²) in [6.07, 6.45) is 2.12.